The van der Waals surface area contributed by atoms with Crippen molar-refractivity contribution in [3.63, 3.8) is 0 Å². The summed E-state index contributed by atoms with van der Waals surface area (Å²) in [5.41, 5.74) is 13.2. The molecule has 2 N–H and O–H groups in total. The maximum Gasteiger partial charge on any atom is 0.102 e. The molecule has 6 heteroatoms. The number of nitrogens with two attached hydrogens (primary N) is 1. The lowest BCUT2D eigenvalue weighted by Crippen LogP contribution is -2.21. The first-order valence-corrected chi connectivity index (χ1v) is 3.73. The largest absolute Gasteiger partial charge is 0.379 e. The van der Waals surface area contributed by atoms with Crippen LogP contribution in [0.3, 0.4) is 0 Å². The van der Waals surface area contributed by atoms with Crippen molar-refractivity contribution < 1.29 is 9.47 Å². The van der Waals surface area contributed by atoms with E-state index in [9.17, 15) is 0 Å². The van der Waals surface area contributed by atoms with E-state index >= 15 is 0 Å². The number of azide groups is 1. The van der Waals surface area contributed by atoms with Crippen LogP contribution in [0.4, 0.5) is 0 Å². The Hall–Kier alpha value is -0.810. The van der Waals surface area contributed by atoms with Gasteiger partial charge in [-0.15, -0.1) is 0 Å². The van der Waals surface area contributed by atoms with Crippen LogP contribution in [0.5, 0.6) is 0 Å². The predicted octanol–water partition coefficient (Wildman–Crippen LogP) is 0.635. The minimum atomic E-state index is -0.259. The Morgan fingerprint density at radius 2 is 2.25 bits per heavy atom. The van der Waals surface area contributed by atoms with Crippen LogP contribution in [-0.2, 0) is 9.47 Å². The van der Waals surface area contributed by atoms with Crippen molar-refractivity contribution >= 4 is 0 Å². The second-order valence-electron chi connectivity index (χ2n) is 2.14. The summed E-state index contributed by atoms with van der Waals surface area (Å²) in [5.74, 6) is 0. The SMILES string of the molecule is CC(N)OCCOCCN=[N+]=[N-]. The van der Waals surface area contributed by atoms with Gasteiger partial charge in [-0.1, -0.05) is 5.11 Å². The van der Waals surface area contributed by atoms with E-state index < -0.39 is 0 Å². The molecule has 0 spiro atoms. The summed E-state index contributed by atoms with van der Waals surface area (Å²) in [4.78, 5) is 2.58. The molecular formula is C6H14N4O2. The Morgan fingerprint density at radius 3 is 2.83 bits per heavy atom. The van der Waals surface area contributed by atoms with Crippen LogP contribution < -0.4 is 5.73 Å². The minimum absolute atomic E-state index is 0.259. The Bertz CT molecular complexity index is 144. The fraction of sp³-hybridized carbons (Fsp3) is 1.00. The van der Waals surface area contributed by atoms with Gasteiger partial charge in [0.2, 0.25) is 0 Å². The van der Waals surface area contributed by atoms with Gasteiger partial charge in [-0.2, -0.15) is 0 Å². The molecule has 0 aliphatic carbocycles. The lowest BCUT2D eigenvalue weighted by molar-refractivity contribution is 0.0169. The Kier molecular flexibility index (Phi) is 7.73. The zero-order valence-corrected chi connectivity index (χ0v) is 7.14. The van der Waals surface area contributed by atoms with Gasteiger partial charge in [0, 0.05) is 11.5 Å². The first-order chi connectivity index (χ1) is 5.77. The molecule has 70 valence electrons. The van der Waals surface area contributed by atoms with Crippen LogP contribution in [0.25, 0.3) is 10.4 Å². The Labute approximate surface area is 71.3 Å². The first-order valence-electron chi connectivity index (χ1n) is 3.73. The van der Waals surface area contributed by atoms with Crippen LogP contribution in [0, 0.1) is 0 Å². The quantitative estimate of drug-likeness (QED) is 0.202. The van der Waals surface area contributed by atoms with Crippen LogP contribution >= 0.6 is 0 Å². The summed E-state index contributed by atoms with van der Waals surface area (Å²) in [6.07, 6.45) is -0.259. The predicted molar refractivity (Wildman–Crippen MR) is 44.4 cm³/mol. The van der Waals surface area contributed by atoms with E-state index in [2.05, 4.69) is 10.0 Å². The summed E-state index contributed by atoms with van der Waals surface area (Å²) in [6, 6.07) is 0. The summed E-state index contributed by atoms with van der Waals surface area (Å²) in [5, 5.41) is 3.29. The normalized spacial score (nSPS) is 12.2. The molecule has 6 nitrogen and oxygen atoms in total. The molecule has 0 saturated heterocycles. The van der Waals surface area contributed by atoms with Gasteiger partial charge in [-0.3, -0.25) is 0 Å². The third-order valence-electron chi connectivity index (χ3n) is 1.01. The molecule has 0 saturated carbocycles. The standard InChI is InChI=1S/C6H14N4O2/c1-6(7)12-5-4-11-3-2-9-10-8/h6H,2-5,7H2,1H3. The molecule has 0 amide bonds. The molecule has 12 heavy (non-hydrogen) atoms. The molecule has 0 rings (SSSR count). The Morgan fingerprint density at radius 1 is 1.50 bits per heavy atom. The van der Waals surface area contributed by atoms with E-state index in [4.69, 9.17) is 20.7 Å². The van der Waals surface area contributed by atoms with Gasteiger partial charge in [-0.25, -0.2) is 0 Å². The smallest absolute Gasteiger partial charge is 0.102 e. The number of nitrogens with zero attached hydrogens (tertiary/aromatic N) is 3. The maximum atomic E-state index is 7.90. The van der Waals surface area contributed by atoms with Crippen LogP contribution in [-0.4, -0.2) is 32.6 Å². The van der Waals surface area contributed by atoms with Crippen molar-refractivity contribution in [1.29, 1.82) is 0 Å². The van der Waals surface area contributed by atoms with Crippen molar-refractivity contribution in [2.24, 2.45) is 10.8 Å². The van der Waals surface area contributed by atoms with Gasteiger partial charge in [0.15, 0.2) is 0 Å². The molecule has 0 aromatic heterocycles. The van der Waals surface area contributed by atoms with E-state index in [1.54, 1.807) is 6.92 Å². The fourth-order valence-corrected chi connectivity index (χ4v) is 0.545. The van der Waals surface area contributed by atoms with Crippen LogP contribution in [0.1, 0.15) is 6.92 Å². The van der Waals surface area contributed by atoms with Crippen molar-refractivity contribution in [3.05, 3.63) is 10.4 Å². The molecule has 0 aromatic rings. The zero-order chi connectivity index (χ0) is 9.23. The van der Waals surface area contributed by atoms with E-state index in [1.807, 2.05) is 0 Å². The average molecular weight is 174 g/mol. The highest BCUT2D eigenvalue weighted by Crippen LogP contribution is 1.82. The van der Waals surface area contributed by atoms with Crippen LogP contribution in [0.2, 0.25) is 0 Å². The minimum Gasteiger partial charge on any atom is -0.379 e. The molecule has 0 bridgehead atoms. The van der Waals surface area contributed by atoms with Crippen molar-refractivity contribution in [3.8, 4) is 0 Å². The third kappa shape index (κ3) is 9.19. The molecule has 0 fully saturated rings. The van der Waals surface area contributed by atoms with Crippen LogP contribution in [0.15, 0.2) is 5.11 Å². The molecule has 0 aliphatic heterocycles. The van der Waals surface area contributed by atoms with Gasteiger partial charge < -0.3 is 15.2 Å². The van der Waals surface area contributed by atoms with Crippen molar-refractivity contribution in [2.75, 3.05) is 26.4 Å². The summed E-state index contributed by atoms with van der Waals surface area (Å²) in [6.45, 7) is 3.47. The molecule has 0 heterocycles. The molecular weight excluding hydrogens is 160 g/mol. The first kappa shape index (κ1) is 11.2. The highest BCUT2D eigenvalue weighted by Gasteiger charge is 1.92. The summed E-state index contributed by atoms with van der Waals surface area (Å²) >= 11 is 0. The second kappa shape index (κ2) is 8.29. The summed E-state index contributed by atoms with van der Waals surface area (Å²) < 4.78 is 10.0. The average Bonchev–Trinajstić information content (AvgIpc) is 2.02. The van der Waals surface area contributed by atoms with Gasteiger partial charge in [0.1, 0.15) is 6.23 Å². The lowest BCUT2D eigenvalue weighted by atomic mass is 10.6. The Balaban J connectivity index is 2.95. The van der Waals surface area contributed by atoms with Crippen molar-refractivity contribution in [1.82, 2.24) is 0 Å². The molecule has 0 aromatic carbocycles. The zero-order valence-electron chi connectivity index (χ0n) is 7.14. The number of hydrogen-bond donors (Lipinski definition) is 1. The fourth-order valence-electron chi connectivity index (χ4n) is 0.545. The van der Waals surface area contributed by atoms with Gasteiger partial charge in [0.25, 0.3) is 0 Å². The maximum absolute atomic E-state index is 7.90. The molecule has 1 unspecified atom stereocenters. The highest BCUT2D eigenvalue weighted by molar-refractivity contribution is 4.44. The topological polar surface area (TPSA) is 93.2 Å². The monoisotopic (exact) mass is 174 g/mol. The number of hydrogen-bond acceptors (Lipinski definition) is 4. The van der Waals surface area contributed by atoms with E-state index in [-0.39, 0.29) is 6.23 Å². The van der Waals surface area contributed by atoms with E-state index in [0.29, 0.717) is 26.4 Å². The number of ether oxygens (including phenoxy) is 2. The van der Waals surface area contributed by atoms with E-state index in [0.717, 1.165) is 0 Å². The molecule has 1 atom stereocenters. The van der Waals surface area contributed by atoms with Gasteiger partial charge >= 0.3 is 0 Å². The highest BCUT2D eigenvalue weighted by atomic mass is 16.5. The number of rotatable bonds is 7. The van der Waals surface area contributed by atoms with E-state index in [1.165, 1.54) is 0 Å². The molecule has 0 radical (unpaired) electrons. The van der Waals surface area contributed by atoms with Gasteiger partial charge in [-0.05, 0) is 12.5 Å². The summed E-state index contributed by atoms with van der Waals surface area (Å²) in [7, 11) is 0. The second-order valence-corrected chi connectivity index (χ2v) is 2.14. The lowest BCUT2D eigenvalue weighted by Gasteiger charge is -2.06. The van der Waals surface area contributed by atoms with Gasteiger partial charge in [0.05, 0.1) is 19.8 Å². The van der Waals surface area contributed by atoms with Crippen molar-refractivity contribution in [2.45, 2.75) is 13.2 Å². The molecule has 0 aliphatic rings. The third-order valence-corrected chi connectivity index (χ3v) is 1.01.